The fraction of sp³-hybridized carbons (Fsp3) is 0.417. The number of carbonyl (C=O) groups excluding carboxylic acids is 2. The number of amides is 2. The van der Waals surface area contributed by atoms with E-state index in [1.165, 1.54) is 26.4 Å². The Kier molecular flexibility index (Phi) is 6.23. The van der Waals surface area contributed by atoms with Gasteiger partial charge in [-0.15, -0.1) is 0 Å². The Morgan fingerprint density at radius 2 is 1.70 bits per heavy atom. The first-order valence-corrected chi connectivity index (χ1v) is 10.7. The second-order valence-corrected chi connectivity index (χ2v) is 8.51. The van der Waals surface area contributed by atoms with E-state index in [2.05, 4.69) is 5.32 Å². The van der Waals surface area contributed by atoms with Crippen LogP contribution >= 0.6 is 0 Å². The number of fused-ring (bicyclic) bond motifs is 1. The third kappa shape index (κ3) is 4.62. The lowest BCUT2D eigenvalue weighted by molar-refractivity contribution is -0.138. The van der Waals surface area contributed by atoms with Crippen LogP contribution < -0.4 is 10.1 Å². The number of esters is 1. The first kappa shape index (κ1) is 22.9. The minimum Gasteiger partial charge on any atom is -0.497 e. The number of hydrogen-bond acceptors (Lipinski definition) is 4. The number of hydrogen-bond donors (Lipinski definition) is 1. The van der Waals surface area contributed by atoms with E-state index in [9.17, 15) is 22.8 Å². The summed E-state index contributed by atoms with van der Waals surface area (Å²) in [6, 6.07) is 10.1. The molecule has 1 N–H and O–H groups in total. The van der Waals surface area contributed by atoms with E-state index in [1.54, 1.807) is 29.2 Å². The van der Waals surface area contributed by atoms with Crippen LogP contribution in [0.5, 0.6) is 5.75 Å². The molecule has 3 atom stereocenters. The molecule has 6 nitrogen and oxygen atoms in total. The fourth-order valence-corrected chi connectivity index (χ4v) is 5.06. The second-order valence-electron chi connectivity index (χ2n) is 8.51. The largest absolute Gasteiger partial charge is 0.497 e. The number of carbonyl (C=O) groups is 2. The van der Waals surface area contributed by atoms with Crippen molar-refractivity contribution in [2.45, 2.75) is 24.9 Å². The topological polar surface area (TPSA) is 67.9 Å². The first-order valence-electron chi connectivity index (χ1n) is 10.7. The van der Waals surface area contributed by atoms with Crippen molar-refractivity contribution in [3.63, 3.8) is 0 Å². The average Bonchev–Trinajstić information content (AvgIpc) is 3.38. The number of nitrogens with one attached hydrogen (secondary N) is 1. The number of urea groups is 1. The number of nitrogens with zero attached hydrogens (tertiary/aromatic N) is 1. The van der Waals surface area contributed by atoms with E-state index in [0.29, 0.717) is 42.9 Å². The van der Waals surface area contributed by atoms with E-state index >= 15 is 0 Å². The van der Waals surface area contributed by atoms with Gasteiger partial charge in [0.2, 0.25) is 0 Å². The monoisotopic (exact) mass is 462 g/mol. The summed E-state index contributed by atoms with van der Waals surface area (Å²) in [5.74, 6) is -0.0468. The van der Waals surface area contributed by atoms with Crippen molar-refractivity contribution in [3.05, 3.63) is 59.2 Å². The van der Waals surface area contributed by atoms with Gasteiger partial charge < -0.3 is 19.7 Å². The molecule has 0 aromatic heterocycles. The van der Waals surface area contributed by atoms with E-state index < -0.39 is 17.7 Å². The van der Waals surface area contributed by atoms with E-state index in [-0.39, 0.29) is 29.3 Å². The molecule has 9 heteroatoms. The maximum atomic E-state index is 13.4. The lowest BCUT2D eigenvalue weighted by atomic mass is 9.91. The summed E-state index contributed by atoms with van der Waals surface area (Å²) < 4.78 is 50.2. The standard InChI is InChI=1S/C24H25F3N2O4/c1-32-17-7-8-21(19(11-17)22(30)33-2)28-23(31)29-12-15-9-14(10-16(15)13-29)18-5-3-4-6-20(18)24(25,26)27/h3-8,11,14-16H,9-10,12-13H2,1-2H3,(H,28,31)/t14-,15-,16+. The van der Waals surface area contributed by atoms with Gasteiger partial charge in [-0.25, -0.2) is 9.59 Å². The van der Waals surface area contributed by atoms with E-state index in [1.807, 2.05) is 0 Å². The number of halogens is 3. The molecular weight excluding hydrogens is 437 g/mol. The Hall–Kier alpha value is -3.23. The van der Waals surface area contributed by atoms with Crippen molar-refractivity contribution >= 4 is 17.7 Å². The summed E-state index contributed by atoms with van der Waals surface area (Å²) in [4.78, 5) is 26.7. The molecule has 0 radical (unpaired) electrons. The van der Waals surface area contributed by atoms with Crippen molar-refractivity contribution in [1.82, 2.24) is 4.90 Å². The highest BCUT2D eigenvalue weighted by Gasteiger charge is 2.45. The van der Waals surface area contributed by atoms with Crippen LogP contribution in [0.3, 0.4) is 0 Å². The maximum Gasteiger partial charge on any atom is 0.416 e. The van der Waals surface area contributed by atoms with Gasteiger partial charge in [-0.3, -0.25) is 0 Å². The van der Waals surface area contributed by atoms with Crippen molar-refractivity contribution in [2.75, 3.05) is 32.6 Å². The van der Waals surface area contributed by atoms with Gasteiger partial charge in [0, 0.05) is 13.1 Å². The number of likely N-dealkylation sites (tertiary alicyclic amines) is 1. The van der Waals surface area contributed by atoms with Gasteiger partial charge in [-0.1, -0.05) is 18.2 Å². The van der Waals surface area contributed by atoms with Crippen molar-refractivity contribution in [3.8, 4) is 5.75 Å². The number of anilines is 1. The molecule has 2 aromatic rings. The van der Waals surface area contributed by atoms with Crippen LogP contribution in [-0.2, 0) is 10.9 Å². The second kappa shape index (κ2) is 8.96. The molecule has 2 aliphatic rings. The summed E-state index contributed by atoms with van der Waals surface area (Å²) in [5, 5.41) is 2.76. The van der Waals surface area contributed by atoms with Gasteiger partial charge in [0.1, 0.15) is 5.75 Å². The molecule has 1 aliphatic heterocycles. The van der Waals surface area contributed by atoms with Crippen LogP contribution in [-0.4, -0.2) is 44.2 Å². The molecule has 2 amide bonds. The third-order valence-corrected chi connectivity index (χ3v) is 6.62. The van der Waals surface area contributed by atoms with Crippen LogP contribution in [0.2, 0.25) is 0 Å². The lowest BCUT2D eigenvalue weighted by Gasteiger charge is -2.22. The highest BCUT2D eigenvalue weighted by Crippen LogP contribution is 2.48. The number of methoxy groups -OCH3 is 2. The highest BCUT2D eigenvalue weighted by molar-refractivity contribution is 6.01. The van der Waals surface area contributed by atoms with Crippen LogP contribution in [0.4, 0.5) is 23.7 Å². The summed E-state index contributed by atoms with van der Waals surface area (Å²) in [6.07, 6.45) is -3.16. The Bertz CT molecular complexity index is 1040. The minimum atomic E-state index is -4.38. The Morgan fingerprint density at radius 1 is 1.03 bits per heavy atom. The van der Waals surface area contributed by atoms with Gasteiger partial charge in [0.05, 0.1) is 31.0 Å². The summed E-state index contributed by atoms with van der Waals surface area (Å²) in [7, 11) is 2.72. The van der Waals surface area contributed by atoms with Gasteiger partial charge >= 0.3 is 18.2 Å². The Labute approximate surface area is 189 Å². The van der Waals surface area contributed by atoms with Crippen LogP contribution in [0.15, 0.2) is 42.5 Å². The molecule has 0 spiro atoms. The summed E-state index contributed by atoms with van der Waals surface area (Å²) in [5.41, 5.74) is 0.255. The number of ether oxygens (including phenoxy) is 2. The van der Waals surface area contributed by atoms with Gasteiger partial charge in [0.25, 0.3) is 0 Å². The normalized spacial score (nSPS) is 22.1. The molecular formula is C24H25F3N2O4. The molecule has 1 saturated heterocycles. The minimum absolute atomic E-state index is 0.137. The highest BCUT2D eigenvalue weighted by atomic mass is 19.4. The SMILES string of the molecule is COC(=O)c1cc(OC)ccc1NC(=O)N1C[C@H]2C[C@@H](c3ccccc3C(F)(F)F)C[C@H]2C1. The molecule has 2 fully saturated rings. The number of rotatable bonds is 4. The zero-order valence-electron chi connectivity index (χ0n) is 18.3. The molecule has 1 aliphatic carbocycles. The molecule has 2 aromatic carbocycles. The zero-order valence-corrected chi connectivity index (χ0v) is 18.3. The van der Waals surface area contributed by atoms with Crippen LogP contribution in [0.25, 0.3) is 0 Å². The number of alkyl halides is 3. The smallest absolute Gasteiger partial charge is 0.416 e. The Morgan fingerprint density at radius 3 is 2.30 bits per heavy atom. The number of benzene rings is 2. The summed E-state index contributed by atoms with van der Waals surface area (Å²) >= 11 is 0. The third-order valence-electron chi connectivity index (χ3n) is 6.62. The van der Waals surface area contributed by atoms with Crippen LogP contribution in [0, 0.1) is 11.8 Å². The molecule has 4 rings (SSSR count). The zero-order chi connectivity index (χ0) is 23.8. The van der Waals surface area contributed by atoms with Crippen molar-refractivity contribution in [2.24, 2.45) is 11.8 Å². The molecule has 1 saturated carbocycles. The molecule has 0 bridgehead atoms. The maximum absolute atomic E-state index is 13.4. The van der Waals surface area contributed by atoms with Crippen molar-refractivity contribution in [1.29, 1.82) is 0 Å². The van der Waals surface area contributed by atoms with Gasteiger partial charge in [0.15, 0.2) is 0 Å². The van der Waals surface area contributed by atoms with Gasteiger partial charge in [-0.2, -0.15) is 13.2 Å². The van der Waals surface area contributed by atoms with Crippen molar-refractivity contribution < 1.29 is 32.2 Å². The predicted molar refractivity (Wildman–Crippen MR) is 115 cm³/mol. The molecule has 33 heavy (non-hydrogen) atoms. The molecule has 1 heterocycles. The predicted octanol–water partition coefficient (Wildman–Crippen LogP) is 5.16. The van der Waals surface area contributed by atoms with E-state index in [0.717, 1.165) is 6.07 Å². The van der Waals surface area contributed by atoms with Gasteiger partial charge in [-0.05, 0) is 60.4 Å². The Balaban J connectivity index is 1.43. The quantitative estimate of drug-likeness (QED) is 0.638. The molecule has 0 unspecified atom stereocenters. The lowest BCUT2D eigenvalue weighted by Crippen LogP contribution is -2.34. The first-order chi connectivity index (χ1) is 15.7. The average molecular weight is 462 g/mol. The summed E-state index contributed by atoms with van der Waals surface area (Å²) in [6.45, 7) is 0.926. The van der Waals surface area contributed by atoms with Crippen LogP contribution in [0.1, 0.15) is 40.2 Å². The fourth-order valence-electron chi connectivity index (χ4n) is 5.06. The molecule has 176 valence electrons. The van der Waals surface area contributed by atoms with E-state index in [4.69, 9.17) is 9.47 Å².